The van der Waals surface area contributed by atoms with Gasteiger partial charge in [0.1, 0.15) is 11.6 Å². The third-order valence-corrected chi connectivity index (χ3v) is 3.59. The molecule has 0 spiro atoms. The van der Waals surface area contributed by atoms with Gasteiger partial charge in [-0.25, -0.2) is 13.2 Å². The fourth-order valence-corrected chi connectivity index (χ4v) is 2.38. The monoisotopic (exact) mass is 367 g/mol. The molecule has 0 aliphatic rings. The molecule has 0 heterocycles. The van der Waals surface area contributed by atoms with E-state index in [4.69, 9.17) is 0 Å². The van der Waals surface area contributed by atoms with Gasteiger partial charge >= 0.3 is 6.18 Å². The van der Waals surface area contributed by atoms with Gasteiger partial charge in [-0.15, -0.1) is 0 Å². The summed E-state index contributed by atoms with van der Waals surface area (Å²) in [6.45, 7) is 5.23. The molecule has 0 fully saturated rings. The Labute approximate surface area is 140 Å². The highest BCUT2D eigenvalue weighted by molar-refractivity contribution is 8.00. The zero-order valence-electron chi connectivity index (χ0n) is 13.1. The van der Waals surface area contributed by atoms with Crippen LogP contribution in [0.1, 0.15) is 25.0 Å². The van der Waals surface area contributed by atoms with E-state index in [0.29, 0.717) is 18.0 Å². The minimum Gasteiger partial charge on any atom is -0.323 e. The van der Waals surface area contributed by atoms with Gasteiger partial charge < -0.3 is 4.72 Å². The molecule has 0 aliphatic heterocycles. The first-order valence-electron chi connectivity index (χ1n) is 6.93. The minimum atomic E-state index is -4.69. The Kier molecular flexibility index (Phi) is 7.01. The molecular formula is C16H15F6NS. The molecule has 1 nitrogen and oxygen atoms in total. The summed E-state index contributed by atoms with van der Waals surface area (Å²) < 4.78 is 80.2. The maximum Gasteiger partial charge on any atom is 0.416 e. The summed E-state index contributed by atoms with van der Waals surface area (Å²) in [6, 6.07) is 4.10. The van der Waals surface area contributed by atoms with Crippen LogP contribution in [-0.2, 0) is 6.18 Å². The van der Waals surface area contributed by atoms with Crippen molar-refractivity contribution in [3.63, 3.8) is 0 Å². The largest absolute Gasteiger partial charge is 0.416 e. The number of halogens is 6. The lowest BCUT2D eigenvalue weighted by Crippen LogP contribution is -2.05. The Bertz CT molecular complexity index is 700. The van der Waals surface area contributed by atoms with Crippen LogP contribution in [0.25, 0.3) is 0 Å². The summed E-state index contributed by atoms with van der Waals surface area (Å²) in [4.78, 5) is -0.0892. The molecule has 0 unspecified atom stereocenters. The lowest BCUT2D eigenvalue weighted by Gasteiger charge is -2.11. The first-order valence-corrected chi connectivity index (χ1v) is 7.75. The number of rotatable bonds is 3. The number of anilines is 1. The number of alkyl halides is 3. The zero-order valence-corrected chi connectivity index (χ0v) is 13.9. The maximum atomic E-state index is 13.7. The van der Waals surface area contributed by atoms with Gasteiger partial charge in [-0.3, -0.25) is 0 Å². The predicted octanol–water partition coefficient (Wildman–Crippen LogP) is 6.58. The molecular weight excluding hydrogens is 352 g/mol. The lowest BCUT2D eigenvalue weighted by atomic mass is 10.2. The van der Waals surface area contributed by atoms with Crippen molar-refractivity contribution in [2.75, 3.05) is 4.72 Å². The van der Waals surface area contributed by atoms with Gasteiger partial charge in [0.25, 0.3) is 0 Å². The van der Waals surface area contributed by atoms with Crippen molar-refractivity contribution >= 4 is 17.6 Å². The molecule has 1 N–H and O–H groups in total. The van der Waals surface area contributed by atoms with E-state index < -0.39 is 29.2 Å². The van der Waals surface area contributed by atoms with Crippen LogP contribution in [0.15, 0.2) is 35.2 Å². The summed E-state index contributed by atoms with van der Waals surface area (Å²) in [6.07, 6.45) is -4.69. The molecule has 0 bridgehead atoms. The van der Waals surface area contributed by atoms with Gasteiger partial charge in [0.15, 0.2) is 5.82 Å². The molecule has 0 atom stereocenters. The number of hydrogen-bond acceptors (Lipinski definition) is 2. The lowest BCUT2D eigenvalue weighted by molar-refractivity contribution is -0.137. The average Bonchev–Trinajstić information content (AvgIpc) is 2.52. The smallest absolute Gasteiger partial charge is 0.323 e. The summed E-state index contributed by atoms with van der Waals surface area (Å²) in [5, 5.41) is 0. The molecule has 2 aromatic carbocycles. The minimum absolute atomic E-state index is 0.0892. The molecule has 0 amide bonds. The van der Waals surface area contributed by atoms with E-state index in [1.54, 1.807) is 0 Å². The van der Waals surface area contributed by atoms with Crippen LogP contribution >= 0.6 is 11.9 Å². The Morgan fingerprint density at radius 2 is 1.58 bits per heavy atom. The van der Waals surface area contributed by atoms with Gasteiger partial charge in [-0.05, 0) is 49.2 Å². The SMILES string of the molecule is CC.Cc1c(F)ccc(NSc2cc(F)cc(C(F)(F)F)c2)c1F. The normalized spacial score (nSPS) is 10.9. The van der Waals surface area contributed by atoms with Gasteiger partial charge in [-0.2, -0.15) is 13.2 Å². The molecule has 2 rings (SSSR count). The van der Waals surface area contributed by atoms with Crippen molar-refractivity contribution in [1.82, 2.24) is 0 Å². The van der Waals surface area contributed by atoms with Gasteiger partial charge in [0.2, 0.25) is 0 Å². The van der Waals surface area contributed by atoms with E-state index >= 15 is 0 Å². The Balaban J connectivity index is 0.00000139. The van der Waals surface area contributed by atoms with Crippen LogP contribution in [0.3, 0.4) is 0 Å². The molecule has 2 aromatic rings. The van der Waals surface area contributed by atoms with Crippen molar-refractivity contribution in [3.8, 4) is 0 Å². The third kappa shape index (κ3) is 5.09. The fraction of sp³-hybridized carbons (Fsp3) is 0.250. The van der Waals surface area contributed by atoms with E-state index in [9.17, 15) is 26.3 Å². The van der Waals surface area contributed by atoms with Crippen molar-refractivity contribution in [2.45, 2.75) is 31.8 Å². The van der Waals surface area contributed by atoms with E-state index in [1.807, 2.05) is 13.8 Å². The molecule has 0 aromatic heterocycles. The summed E-state index contributed by atoms with van der Waals surface area (Å²) in [7, 11) is 0. The molecule has 132 valence electrons. The molecule has 24 heavy (non-hydrogen) atoms. The van der Waals surface area contributed by atoms with Crippen molar-refractivity contribution in [2.24, 2.45) is 0 Å². The Morgan fingerprint density at radius 3 is 2.17 bits per heavy atom. The fourth-order valence-electron chi connectivity index (χ4n) is 1.64. The van der Waals surface area contributed by atoms with Crippen molar-refractivity contribution < 1.29 is 26.3 Å². The second-order valence-corrected chi connectivity index (χ2v) is 5.29. The van der Waals surface area contributed by atoms with Crippen molar-refractivity contribution in [3.05, 3.63) is 58.9 Å². The van der Waals surface area contributed by atoms with Crippen LogP contribution in [0.2, 0.25) is 0 Å². The van der Waals surface area contributed by atoms with Crippen LogP contribution in [0, 0.1) is 24.4 Å². The first kappa shape index (κ1) is 20.2. The van der Waals surface area contributed by atoms with Crippen molar-refractivity contribution in [1.29, 1.82) is 0 Å². The highest BCUT2D eigenvalue weighted by Gasteiger charge is 2.31. The van der Waals surface area contributed by atoms with Gasteiger partial charge in [0.05, 0.1) is 11.3 Å². The molecule has 0 aliphatic carbocycles. The Morgan fingerprint density at radius 1 is 0.958 bits per heavy atom. The first-order chi connectivity index (χ1) is 11.2. The summed E-state index contributed by atoms with van der Waals surface area (Å²) >= 11 is 0.594. The van der Waals surface area contributed by atoms with E-state index in [1.165, 1.54) is 6.92 Å². The Hall–Kier alpha value is -1.83. The second kappa shape index (κ2) is 8.32. The summed E-state index contributed by atoms with van der Waals surface area (Å²) in [5.74, 6) is -2.66. The number of hydrogen-bond donors (Lipinski definition) is 1. The number of benzene rings is 2. The van der Waals surface area contributed by atoms with Gasteiger partial charge in [0, 0.05) is 10.5 Å². The molecule has 8 heteroatoms. The predicted molar refractivity (Wildman–Crippen MR) is 83.3 cm³/mol. The molecule has 0 saturated heterocycles. The second-order valence-electron chi connectivity index (χ2n) is 4.41. The standard InChI is InChI=1S/C14H9F6NS.C2H6/c1-7-11(16)2-3-12(13(7)17)21-22-10-5-8(14(18,19)20)4-9(15)6-10;1-2/h2-6,21H,1H3;1-2H3. The molecule has 0 radical (unpaired) electrons. The third-order valence-electron chi connectivity index (χ3n) is 2.80. The highest BCUT2D eigenvalue weighted by atomic mass is 32.2. The average molecular weight is 367 g/mol. The molecule has 0 saturated carbocycles. The highest BCUT2D eigenvalue weighted by Crippen LogP contribution is 2.33. The van der Waals surface area contributed by atoms with Crippen LogP contribution < -0.4 is 4.72 Å². The van der Waals surface area contributed by atoms with E-state index in [0.717, 1.165) is 24.3 Å². The topological polar surface area (TPSA) is 12.0 Å². The van der Waals surface area contributed by atoms with E-state index in [2.05, 4.69) is 4.72 Å². The number of nitrogens with one attached hydrogen (secondary N) is 1. The summed E-state index contributed by atoms with van der Waals surface area (Å²) in [5.41, 5.74) is -1.48. The maximum absolute atomic E-state index is 13.7. The van der Waals surface area contributed by atoms with Crippen LogP contribution in [0.4, 0.5) is 32.0 Å². The van der Waals surface area contributed by atoms with E-state index in [-0.39, 0.29) is 16.1 Å². The van der Waals surface area contributed by atoms with Gasteiger partial charge in [-0.1, -0.05) is 13.8 Å². The van der Waals surface area contributed by atoms with Crippen LogP contribution in [-0.4, -0.2) is 0 Å². The van der Waals surface area contributed by atoms with Crippen LogP contribution in [0.5, 0.6) is 0 Å². The zero-order chi connectivity index (χ0) is 18.5. The quantitative estimate of drug-likeness (QED) is 0.486.